The summed E-state index contributed by atoms with van der Waals surface area (Å²) in [5.41, 5.74) is 1.01. The van der Waals surface area contributed by atoms with E-state index in [2.05, 4.69) is 11.0 Å². The molecule has 21 heavy (non-hydrogen) atoms. The van der Waals surface area contributed by atoms with Gasteiger partial charge in [-0.05, 0) is 17.7 Å². The summed E-state index contributed by atoms with van der Waals surface area (Å²) < 4.78 is 15.6. The number of rotatable bonds is 5. The van der Waals surface area contributed by atoms with Crippen LogP contribution in [-0.4, -0.2) is 50.8 Å². The van der Waals surface area contributed by atoms with Crippen LogP contribution in [0.3, 0.4) is 0 Å². The highest BCUT2D eigenvalue weighted by Gasteiger charge is 2.09. The van der Waals surface area contributed by atoms with Gasteiger partial charge in [0, 0.05) is 26.6 Å². The van der Waals surface area contributed by atoms with Gasteiger partial charge in [-0.25, -0.2) is 0 Å². The number of morpholine rings is 1. The highest BCUT2D eigenvalue weighted by Crippen LogP contribution is 2.28. The molecule has 1 aliphatic heterocycles. The van der Waals surface area contributed by atoms with Crippen LogP contribution >= 0.6 is 0 Å². The van der Waals surface area contributed by atoms with E-state index in [1.165, 1.54) is 6.92 Å². The van der Waals surface area contributed by atoms with Crippen molar-refractivity contribution in [1.82, 2.24) is 4.90 Å². The predicted molar refractivity (Wildman–Crippen MR) is 80.6 cm³/mol. The van der Waals surface area contributed by atoms with Gasteiger partial charge in [0.15, 0.2) is 11.5 Å². The average Bonchev–Trinajstić information content (AvgIpc) is 2.49. The van der Waals surface area contributed by atoms with Gasteiger partial charge in [-0.3, -0.25) is 9.69 Å². The maximum absolute atomic E-state index is 11.0. The zero-order chi connectivity index (χ0) is 15.1. The molecule has 1 saturated heterocycles. The van der Waals surface area contributed by atoms with Crippen LogP contribution in [0.1, 0.15) is 12.5 Å². The number of carbonyl (C=O) groups excluding carboxylic acids is 1. The molecule has 0 radical (unpaired) electrons. The number of benzene rings is 1. The van der Waals surface area contributed by atoms with E-state index in [0.29, 0.717) is 11.5 Å². The molecule has 0 aliphatic carbocycles. The van der Waals surface area contributed by atoms with E-state index in [9.17, 15) is 4.79 Å². The van der Waals surface area contributed by atoms with Crippen molar-refractivity contribution < 1.29 is 19.0 Å². The summed E-state index contributed by atoms with van der Waals surface area (Å²) >= 11 is 0. The fraction of sp³-hybridized carbons (Fsp3) is 0.438. The summed E-state index contributed by atoms with van der Waals surface area (Å²) in [5.74, 6) is 0.637. The number of esters is 1. The van der Waals surface area contributed by atoms with Crippen molar-refractivity contribution in [3.05, 3.63) is 29.8 Å². The van der Waals surface area contributed by atoms with E-state index < -0.39 is 0 Å². The van der Waals surface area contributed by atoms with Crippen LogP contribution in [0.5, 0.6) is 11.5 Å². The Morgan fingerprint density at radius 1 is 1.33 bits per heavy atom. The monoisotopic (exact) mass is 291 g/mol. The topological polar surface area (TPSA) is 48.0 Å². The van der Waals surface area contributed by atoms with Crippen LogP contribution in [0.15, 0.2) is 24.3 Å². The molecule has 0 aromatic heterocycles. The third-order valence-corrected chi connectivity index (χ3v) is 3.22. The van der Waals surface area contributed by atoms with E-state index >= 15 is 0 Å². The minimum atomic E-state index is -0.357. The number of carbonyl (C=O) groups is 1. The van der Waals surface area contributed by atoms with Crippen LogP contribution in [0.4, 0.5) is 0 Å². The summed E-state index contributed by atoms with van der Waals surface area (Å²) in [6, 6.07) is 5.50. The second-order valence-electron chi connectivity index (χ2n) is 4.82. The minimum Gasteiger partial charge on any atom is -0.493 e. The molecule has 2 rings (SSSR count). The fourth-order valence-corrected chi connectivity index (χ4v) is 2.15. The van der Waals surface area contributed by atoms with Gasteiger partial charge in [-0.2, -0.15) is 0 Å². The fourth-order valence-electron chi connectivity index (χ4n) is 2.15. The van der Waals surface area contributed by atoms with E-state index in [-0.39, 0.29) is 5.97 Å². The summed E-state index contributed by atoms with van der Waals surface area (Å²) in [7, 11) is 1.56. The Kier molecular flexibility index (Phi) is 5.78. The lowest BCUT2D eigenvalue weighted by Crippen LogP contribution is -2.36. The van der Waals surface area contributed by atoms with E-state index in [0.717, 1.165) is 38.4 Å². The Labute approximate surface area is 125 Å². The first-order valence-corrected chi connectivity index (χ1v) is 7.02. The maximum Gasteiger partial charge on any atom is 0.308 e. The molecule has 5 heteroatoms. The molecule has 1 fully saturated rings. The van der Waals surface area contributed by atoms with Gasteiger partial charge in [-0.15, -0.1) is 0 Å². The normalized spacial score (nSPS) is 16.1. The quantitative estimate of drug-likeness (QED) is 0.613. The second kappa shape index (κ2) is 7.81. The molecule has 0 N–H and O–H groups in total. The zero-order valence-electron chi connectivity index (χ0n) is 12.5. The second-order valence-corrected chi connectivity index (χ2v) is 4.82. The van der Waals surface area contributed by atoms with Gasteiger partial charge in [0.25, 0.3) is 0 Å². The van der Waals surface area contributed by atoms with Crippen LogP contribution in [0.25, 0.3) is 6.08 Å². The molecule has 1 aliphatic rings. The van der Waals surface area contributed by atoms with Crippen molar-refractivity contribution in [3.63, 3.8) is 0 Å². The molecule has 0 atom stereocenters. The number of hydrogen-bond acceptors (Lipinski definition) is 5. The highest BCUT2D eigenvalue weighted by atomic mass is 16.6. The lowest BCUT2D eigenvalue weighted by Gasteiger charge is -2.25. The largest absolute Gasteiger partial charge is 0.493 e. The van der Waals surface area contributed by atoms with Crippen LogP contribution in [0, 0.1) is 0 Å². The molecular weight excluding hydrogens is 270 g/mol. The molecule has 1 aromatic carbocycles. The molecule has 0 spiro atoms. The Balaban J connectivity index is 1.97. The first kappa shape index (κ1) is 15.5. The van der Waals surface area contributed by atoms with Gasteiger partial charge in [-0.1, -0.05) is 18.2 Å². The molecule has 1 aromatic rings. The van der Waals surface area contributed by atoms with Gasteiger partial charge in [0.2, 0.25) is 0 Å². The Morgan fingerprint density at radius 3 is 2.76 bits per heavy atom. The lowest BCUT2D eigenvalue weighted by atomic mass is 10.2. The van der Waals surface area contributed by atoms with Crippen molar-refractivity contribution in [3.8, 4) is 11.5 Å². The highest BCUT2D eigenvalue weighted by molar-refractivity contribution is 5.71. The van der Waals surface area contributed by atoms with E-state index in [4.69, 9.17) is 14.2 Å². The van der Waals surface area contributed by atoms with Crippen LogP contribution in [-0.2, 0) is 9.53 Å². The molecule has 0 amide bonds. The predicted octanol–water partition coefficient (Wildman–Crippen LogP) is 1.97. The van der Waals surface area contributed by atoms with Gasteiger partial charge in [0.1, 0.15) is 0 Å². The van der Waals surface area contributed by atoms with E-state index in [1.807, 2.05) is 18.2 Å². The molecule has 0 saturated carbocycles. The first-order chi connectivity index (χ1) is 10.2. The van der Waals surface area contributed by atoms with Gasteiger partial charge >= 0.3 is 5.97 Å². The number of hydrogen-bond donors (Lipinski definition) is 0. The van der Waals surface area contributed by atoms with Crippen molar-refractivity contribution in [2.75, 3.05) is 40.0 Å². The third kappa shape index (κ3) is 4.88. The summed E-state index contributed by atoms with van der Waals surface area (Å²) in [4.78, 5) is 13.3. The van der Waals surface area contributed by atoms with Crippen LogP contribution in [0.2, 0.25) is 0 Å². The Hall–Kier alpha value is -1.85. The molecule has 114 valence electrons. The number of methoxy groups -OCH3 is 1. The Bertz CT molecular complexity index is 507. The zero-order valence-corrected chi connectivity index (χ0v) is 12.5. The average molecular weight is 291 g/mol. The molecule has 1 heterocycles. The summed E-state index contributed by atoms with van der Waals surface area (Å²) in [6.07, 6.45) is 4.15. The third-order valence-electron chi connectivity index (χ3n) is 3.22. The van der Waals surface area contributed by atoms with Crippen LogP contribution < -0.4 is 9.47 Å². The number of ether oxygens (including phenoxy) is 3. The molecule has 5 nitrogen and oxygen atoms in total. The SMILES string of the molecule is COc1cc(C=CCN2CCOCC2)ccc1OC(C)=O. The number of nitrogens with zero attached hydrogens (tertiary/aromatic N) is 1. The lowest BCUT2D eigenvalue weighted by molar-refractivity contribution is -0.132. The van der Waals surface area contributed by atoms with Crippen molar-refractivity contribution in [1.29, 1.82) is 0 Å². The van der Waals surface area contributed by atoms with Gasteiger partial charge < -0.3 is 14.2 Å². The Morgan fingerprint density at radius 2 is 2.10 bits per heavy atom. The molecule has 0 unspecified atom stereocenters. The van der Waals surface area contributed by atoms with E-state index in [1.54, 1.807) is 13.2 Å². The summed E-state index contributed by atoms with van der Waals surface area (Å²) in [6.45, 7) is 5.82. The summed E-state index contributed by atoms with van der Waals surface area (Å²) in [5, 5.41) is 0. The minimum absolute atomic E-state index is 0.357. The van der Waals surface area contributed by atoms with Crippen molar-refractivity contribution in [2.45, 2.75) is 6.92 Å². The van der Waals surface area contributed by atoms with Crippen molar-refractivity contribution in [2.24, 2.45) is 0 Å². The molecular formula is C16H21NO4. The van der Waals surface area contributed by atoms with Gasteiger partial charge in [0.05, 0.1) is 20.3 Å². The standard InChI is InChI=1S/C16H21NO4/c1-13(18)21-15-6-5-14(12-16(15)19-2)4-3-7-17-8-10-20-11-9-17/h3-6,12H,7-11H2,1-2H3. The molecule has 0 bridgehead atoms. The smallest absolute Gasteiger partial charge is 0.308 e. The maximum atomic E-state index is 11.0. The van der Waals surface area contributed by atoms with Crippen molar-refractivity contribution >= 4 is 12.0 Å². The first-order valence-electron chi connectivity index (χ1n) is 7.02.